The topological polar surface area (TPSA) is 55.1 Å². The Bertz CT molecular complexity index is 459. The largest absolute Gasteiger partial charge is 0.397 e. The monoisotopic (exact) mass is 346 g/mol. The van der Waals surface area contributed by atoms with Crippen LogP contribution in [-0.2, 0) is 4.79 Å². The number of hydrogen-bond acceptors (Lipinski definition) is 2. The van der Waals surface area contributed by atoms with Crippen molar-refractivity contribution in [2.45, 2.75) is 39.0 Å². The first-order chi connectivity index (χ1) is 8.58. The van der Waals surface area contributed by atoms with Crippen molar-refractivity contribution in [1.29, 1.82) is 0 Å². The summed E-state index contributed by atoms with van der Waals surface area (Å²) in [6, 6.07) is 3.81. The second-order valence-corrected chi connectivity index (χ2v) is 5.92. The predicted octanol–water partition coefficient (Wildman–Crippen LogP) is 4.28. The summed E-state index contributed by atoms with van der Waals surface area (Å²) in [6.45, 7) is 1.94. The van der Waals surface area contributed by atoms with Crippen molar-refractivity contribution in [2.75, 3.05) is 11.1 Å². The average Bonchev–Trinajstić information content (AvgIpc) is 2.36. The van der Waals surface area contributed by atoms with Gasteiger partial charge in [-0.2, -0.15) is 0 Å². The molecular formula is C14H20BrClN2O. The number of halogens is 2. The van der Waals surface area contributed by atoms with Crippen molar-refractivity contribution in [2.24, 2.45) is 5.92 Å². The maximum absolute atomic E-state index is 12.2. The van der Waals surface area contributed by atoms with Crippen LogP contribution in [0.4, 0.5) is 11.4 Å². The Balaban J connectivity index is 0.00000180. The van der Waals surface area contributed by atoms with Gasteiger partial charge in [-0.3, -0.25) is 4.79 Å². The number of carbonyl (C=O) groups excluding carboxylic acids is 1. The van der Waals surface area contributed by atoms with Crippen molar-refractivity contribution in [3.05, 3.63) is 22.2 Å². The highest BCUT2D eigenvalue weighted by Crippen LogP contribution is 2.30. The number of carbonyl (C=O) groups is 1. The van der Waals surface area contributed by atoms with E-state index in [-0.39, 0.29) is 24.2 Å². The first kappa shape index (κ1) is 16.3. The van der Waals surface area contributed by atoms with Gasteiger partial charge in [0.05, 0.1) is 11.4 Å². The molecule has 0 bridgehead atoms. The Morgan fingerprint density at radius 1 is 1.32 bits per heavy atom. The fourth-order valence-electron chi connectivity index (χ4n) is 2.46. The number of rotatable bonds is 2. The minimum atomic E-state index is 0. The third-order valence-electron chi connectivity index (χ3n) is 3.59. The van der Waals surface area contributed by atoms with Crippen LogP contribution in [0.15, 0.2) is 16.6 Å². The summed E-state index contributed by atoms with van der Waals surface area (Å²) in [5.41, 5.74) is 8.34. The lowest BCUT2D eigenvalue weighted by Gasteiger charge is -2.21. The second-order valence-electron chi connectivity index (χ2n) is 5.01. The van der Waals surface area contributed by atoms with Gasteiger partial charge < -0.3 is 11.1 Å². The summed E-state index contributed by atoms with van der Waals surface area (Å²) in [7, 11) is 0. The third-order valence-corrected chi connectivity index (χ3v) is 4.04. The summed E-state index contributed by atoms with van der Waals surface area (Å²) in [4.78, 5) is 12.2. The first-order valence-corrected chi connectivity index (χ1v) is 7.23. The molecule has 2 rings (SSSR count). The molecule has 106 valence electrons. The van der Waals surface area contributed by atoms with E-state index in [4.69, 9.17) is 5.73 Å². The molecular weight excluding hydrogens is 328 g/mol. The van der Waals surface area contributed by atoms with Crippen LogP contribution < -0.4 is 11.1 Å². The van der Waals surface area contributed by atoms with E-state index in [1.807, 2.05) is 19.1 Å². The Morgan fingerprint density at radius 2 is 1.95 bits per heavy atom. The summed E-state index contributed by atoms with van der Waals surface area (Å²) in [5.74, 6) is 0.260. The lowest BCUT2D eigenvalue weighted by atomic mass is 9.88. The molecule has 1 aliphatic carbocycles. The van der Waals surface area contributed by atoms with Crippen LogP contribution in [0.5, 0.6) is 0 Å². The van der Waals surface area contributed by atoms with Crippen LogP contribution in [0.25, 0.3) is 0 Å². The fourth-order valence-corrected chi connectivity index (χ4v) is 3.03. The minimum Gasteiger partial charge on any atom is -0.397 e. The molecule has 1 aromatic carbocycles. The van der Waals surface area contributed by atoms with Crippen LogP contribution >= 0.6 is 28.3 Å². The molecule has 1 saturated carbocycles. The SMILES string of the molecule is Cc1cc(Br)cc(NC(=O)C2CCCCC2)c1N.Cl. The Hall–Kier alpha value is -0.740. The third kappa shape index (κ3) is 4.11. The van der Waals surface area contributed by atoms with Crippen LogP contribution in [-0.4, -0.2) is 5.91 Å². The molecule has 0 aliphatic heterocycles. The van der Waals surface area contributed by atoms with E-state index in [2.05, 4.69) is 21.2 Å². The van der Waals surface area contributed by atoms with Gasteiger partial charge in [-0.15, -0.1) is 12.4 Å². The molecule has 0 spiro atoms. The Morgan fingerprint density at radius 3 is 2.58 bits per heavy atom. The molecule has 0 radical (unpaired) electrons. The van der Waals surface area contributed by atoms with E-state index in [0.717, 1.165) is 41.4 Å². The lowest BCUT2D eigenvalue weighted by Crippen LogP contribution is -2.25. The van der Waals surface area contributed by atoms with Gasteiger partial charge >= 0.3 is 0 Å². The molecule has 3 nitrogen and oxygen atoms in total. The first-order valence-electron chi connectivity index (χ1n) is 6.44. The number of anilines is 2. The van der Waals surface area contributed by atoms with E-state index in [1.54, 1.807) is 0 Å². The van der Waals surface area contributed by atoms with Gasteiger partial charge in [0.15, 0.2) is 0 Å². The van der Waals surface area contributed by atoms with Crippen molar-refractivity contribution in [1.82, 2.24) is 0 Å². The minimum absolute atomic E-state index is 0. The van der Waals surface area contributed by atoms with Gasteiger partial charge in [0.25, 0.3) is 0 Å². The number of amides is 1. The highest BCUT2D eigenvalue weighted by molar-refractivity contribution is 9.10. The predicted molar refractivity (Wildman–Crippen MR) is 85.7 cm³/mol. The quantitative estimate of drug-likeness (QED) is 0.785. The molecule has 5 heteroatoms. The van der Waals surface area contributed by atoms with E-state index in [9.17, 15) is 4.79 Å². The van der Waals surface area contributed by atoms with Crippen LogP contribution in [0.1, 0.15) is 37.7 Å². The molecule has 0 saturated heterocycles. The summed E-state index contributed by atoms with van der Waals surface area (Å²) < 4.78 is 0.938. The second kappa shape index (κ2) is 7.15. The van der Waals surface area contributed by atoms with E-state index in [0.29, 0.717) is 5.69 Å². The molecule has 0 aromatic heterocycles. The van der Waals surface area contributed by atoms with Crippen molar-refractivity contribution >= 4 is 45.6 Å². The maximum atomic E-state index is 12.2. The lowest BCUT2D eigenvalue weighted by molar-refractivity contribution is -0.120. The smallest absolute Gasteiger partial charge is 0.227 e. The summed E-state index contributed by atoms with van der Waals surface area (Å²) in [5, 5.41) is 2.97. The van der Waals surface area contributed by atoms with Gasteiger partial charge in [0.1, 0.15) is 0 Å². The standard InChI is InChI=1S/C14H19BrN2O.ClH/c1-9-7-11(15)8-12(13(9)16)17-14(18)10-5-3-2-4-6-10;/h7-8,10H,2-6,16H2,1H3,(H,17,18);1H. The normalized spacial score (nSPS) is 15.7. The molecule has 0 unspecified atom stereocenters. The molecule has 0 atom stereocenters. The van der Waals surface area contributed by atoms with Crippen LogP contribution in [0.2, 0.25) is 0 Å². The number of nitrogen functional groups attached to an aromatic ring is 1. The number of benzene rings is 1. The molecule has 1 aliphatic rings. The van der Waals surface area contributed by atoms with Gasteiger partial charge in [-0.25, -0.2) is 0 Å². The van der Waals surface area contributed by atoms with Crippen molar-refractivity contribution < 1.29 is 4.79 Å². The van der Waals surface area contributed by atoms with Gasteiger partial charge in [-0.05, 0) is 37.5 Å². The molecule has 3 N–H and O–H groups in total. The number of nitrogens with one attached hydrogen (secondary N) is 1. The number of nitrogens with two attached hydrogens (primary N) is 1. The Kier molecular flexibility index (Phi) is 6.14. The van der Waals surface area contributed by atoms with Crippen molar-refractivity contribution in [3.63, 3.8) is 0 Å². The zero-order chi connectivity index (χ0) is 13.1. The number of hydrogen-bond donors (Lipinski definition) is 2. The van der Waals surface area contributed by atoms with Crippen LogP contribution in [0.3, 0.4) is 0 Å². The maximum Gasteiger partial charge on any atom is 0.227 e. The van der Waals surface area contributed by atoms with E-state index in [1.165, 1.54) is 6.42 Å². The average molecular weight is 348 g/mol. The van der Waals surface area contributed by atoms with E-state index < -0.39 is 0 Å². The molecule has 0 heterocycles. The van der Waals surface area contributed by atoms with E-state index >= 15 is 0 Å². The molecule has 19 heavy (non-hydrogen) atoms. The summed E-state index contributed by atoms with van der Waals surface area (Å²) >= 11 is 3.43. The van der Waals surface area contributed by atoms with Crippen LogP contribution in [0, 0.1) is 12.8 Å². The summed E-state index contributed by atoms with van der Waals surface area (Å²) in [6.07, 6.45) is 5.57. The van der Waals surface area contributed by atoms with Gasteiger partial charge in [0, 0.05) is 10.4 Å². The highest BCUT2D eigenvalue weighted by atomic mass is 79.9. The van der Waals surface area contributed by atoms with Crippen molar-refractivity contribution in [3.8, 4) is 0 Å². The molecule has 1 fully saturated rings. The Labute approximate surface area is 128 Å². The highest BCUT2D eigenvalue weighted by Gasteiger charge is 2.21. The molecule has 1 amide bonds. The number of aryl methyl sites for hydroxylation is 1. The van der Waals surface area contributed by atoms with Gasteiger partial charge in [0.2, 0.25) is 5.91 Å². The van der Waals surface area contributed by atoms with Gasteiger partial charge in [-0.1, -0.05) is 35.2 Å². The molecule has 1 aromatic rings. The fraction of sp³-hybridized carbons (Fsp3) is 0.500. The zero-order valence-electron chi connectivity index (χ0n) is 11.0. The zero-order valence-corrected chi connectivity index (χ0v) is 13.4.